The zero-order chi connectivity index (χ0) is 13.2. The molecule has 1 aliphatic carbocycles. The van der Waals surface area contributed by atoms with Gasteiger partial charge >= 0.3 is 5.97 Å². The number of hydrogen-bond donors (Lipinski definition) is 1. The van der Waals surface area contributed by atoms with Crippen molar-refractivity contribution < 1.29 is 9.90 Å². The fraction of sp³-hybridized carbons (Fsp3) is 0.562. The molecule has 2 fully saturated rings. The normalized spacial score (nSPS) is 31.1. The van der Waals surface area contributed by atoms with Crippen LogP contribution >= 0.6 is 0 Å². The van der Waals surface area contributed by atoms with Crippen LogP contribution in [0.2, 0.25) is 0 Å². The standard InChI is InChI=1S/C16H21NO2/c18-16(19)15-13-7-4-8-14(15)11-17(10-13)9-12-5-2-1-3-6-12/h1-3,5-6,13-15H,4,7-11H2,(H,18,19)/t13-,14-/m0/s1. The highest BCUT2D eigenvalue weighted by atomic mass is 16.4. The smallest absolute Gasteiger partial charge is 0.307 e. The van der Waals surface area contributed by atoms with Crippen LogP contribution in [0, 0.1) is 17.8 Å². The van der Waals surface area contributed by atoms with E-state index in [-0.39, 0.29) is 5.92 Å². The molecule has 0 amide bonds. The molecule has 3 heteroatoms. The Hall–Kier alpha value is -1.35. The SMILES string of the molecule is O=C(O)C1[C@H]2CCC[C@H]1CN(Cc1ccccc1)C2. The topological polar surface area (TPSA) is 40.5 Å². The molecular formula is C16H21NO2. The van der Waals surface area contributed by atoms with E-state index in [1.165, 1.54) is 12.0 Å². The summed E-state index contributed by atoms with van der Waals surface area (Å²) in [5.41, 5.74) is 1.33. The molecule has 0 unspecified atom stereocenters. The molecule has 0 aromatic heterocycles. The van der Waals surface area contributed by atoms with Crippen LogP contribution in [-0.4, -0.2) is 29.1 Å². The van der Waals surface area contributed by atoms with Crippen LogP contribution < -0.4 is 0 Å². The van der Waals surface area contributed by atoms with Crippen molar-refractivity contribution in [2.24, 2.45) is 17.8 Å². The number of carboxylic acids is 1. The number of fused-ring (bicyclic) bond motifs is 2. The second kappa shape index (κ2) is 5.33. The van der Waals surface area contributed by atoms with Gasteiger partial charge in [0.1, 0.15) is 0 Å². The molecule has 1 N–H and O–H groups in total. The molecule has 1 aromatic rings. The molecule has 3 rings (SSSR count). The van der Waals surface area contributed by atoms with Crippen LogP contribution in [0.25, 0.3) is 0 Å². The molecular weight excluding hydrogens is 238 g/mol. The van der Waals surface area contributed by atoms with Crippen LogP contribution in [0.4, 0.5) is 0 Å². The summed E-state index contributed by atoms with van der Waals surface area (Å²) in [6, 6.07) is 10.5. The Labute approximate surface area is 114 Å². The van der Waals surface area contributed by atoms with Gasteiger partial charge in [0, 0.05) is 19.6 Å². The largest absolute Gasteiger partial charge is 0.481 e. The highest BCUT2D eigenvalue weighted by molar-refractivity contribution is 5.71. The number of aliphatic carboxylic acids is 1. The van der Waals surface area contributed by atoms with Crippen molar-refractivity contribution in [1.29, 1.82) is 0 Å². The summed E-state index contributed by atoms with van der Waals surface area (Å²) < 4.78 is 0. The van der Waals surface area contributed by atoms with E-state index in [0.29, 0.717) is 11.8 Å². The van der Waals surface area contributed by atoms with Gasteiger partial charge in [-0.15, -0.1) is 0 Å². The Kier molecular flexibility index (Phi) is 3.56. The van der Waals surface area contributed by atoms with Gasteiger partial charge in [-0.05, 0) is 30.2 Å². The third-order valence-electron chi connectivity index (χ3n) is 4.69. The van der Waals surface area contributed by atoms with Crippen LogP contribution in [0.15, 0.2) is 30.3 Å². The van der Waals surface area contributed by atoms with Crippen molar-refractivity contribution in [3.05, 3.63) is 35.9 Å². The second-order valence-corrected chi connectivity index (χ2v) is 5.99. The van der Waals surface area contributed by atoms with Crippen LogP contribution in [0.1, 0.15) is 24.8 Å². The second-order valence-electron chi connectivity index (χ2n) is 5.99. The summed E-state index contributed by atoms with van der Waals surface area (Å²) in [6.45, 7) is 2.85. The van der Waals surface area contributed by atoms with Gasteiger partial charge in [-0.2, -0.15) is 0 Å². The third-order valence-corrected chi connectivity index (χ3v) is 4.69. The van der Waals surface area contributed by atoms with Crippen LogP contribution in [0.3, 0.4) is 0 Å². The first kappa shape index (κ1) is 12.7. The zero-order valence-electron chi connectivity index (χ0n) is 11.2. The van der Waals surface area contributed by atoms with E-state index in [2.05, 4.69) is 29.2 Å². The average Bonchev–Trinajstić information content (AvgIpc) is 2.38. The van der Waals surface area contributed by atoms with Gasteiger partial charge in [-0.1, -0.05) is 36.8 Å². The highest BCUT2D eigenvalue weighted by Gasteiger charge is 2.43. The predicted molar refractivity (Wildman–Crippen MR) is 73.7 cm³/mol. The van der Waals surface area contributed by atoms with E-state index in [1.807, 2.05) is 6.07 Å². The van der Waals surface area contributed by atoms with Gasteiger partial charge in [-0.3, -0.25) is 9.69 Å². The summed E-state index contributed by atoms with van der Waals surface area (Å²) in [6.07, 6.45) is 3.37. The number of piperidine rings is 1. The molecule has 2 aliphatic rings. The predicted octanol–water partition coefficient (Wildman–Crippen LogP) is 2.62. The average molecular weight is 259 g/mol. The molecule has 1 aromatic carbocycles. The van der Waals surface area contributed by atoms with Crippen molar-refractivity contribution >= 4 is 5.97 Å². The fourth-order valence-electron chi connectivity index (χ4n) is 3.91. The van der Waals surface area contributed by atoms with Gasteiger partial charge in [0.15, 0.2) is 0 Å². The van der Waals surface area contributed by atoms with Gasteiger partial charge in [0.25, 0.3) is 0 Å². The molecule has 0 radical (unpaired) electrons. The molecule has 1 saturated carbocycles. The Balaban J connectivity index is 1.69. The molecule has 102 valence electrons. The van der Waals surface area contributed by atoms with Crippen molar-refractivity contribution in [2.75, 3.05) is 13.1 Å². The van der Waals surface area contributed by atoms with Crippen LogP contribution in [-0.2, 0) is 11.3 Å². The Morgan fingerprint density at radius 1 is 1.16 bits per heavy atom. The highest BCUT2D eigenvalue weighted by Crippen LogP contribution is 2.40. The Bertz CT molecular complexity index is 431. The van der Waals surface area contributed by atoms with Gasteiger partial charge in [0.2, 0.25) is 0 Å². The van der Waals surface area contributed by atoms with Crippen LogP contribution in [0.5, 0.6) is 0 Å². The van der Waals surface area contributed by atoms with Gasteiger partial charge in [0.05, 0.1) is 5.92 Å². The number of nitrogens with zero attached hydrogens (tertiary/aromatic N) is 1. The maximum atomic E-state index is 11.4. The van der Waals surface area contributed by atoms with E-state index < -0.39 is 5.97 Å². The Morgan fingerprint density at radius 3 is 2.37 bits per heavy atom. The maximum absolute atomic E-state index is 11.4. The molecule has 19 heavy (non-hydrogen) atoms. The molecule has 1 aliphatic heterocycles. The van der Waals surface area contributed by atoms with E-state index in [1.54, 1.807) is 0 Å². The van der Waals surface area contributed by atoms with Crippen molar-refractivity contribution in [2.45, 2.75) is 25.8 Å². The number of hydrogen-bond acceptors (Lipinski definition) is 2. The minimum absolute atomic E-state index is 0.0965. The van der Waals surface area contributed by atoms with Gasteiger partial charge in [-0.25, -0.2) is 0 Å². The first-order chi connectivity index (χ1) is 9.24. The summed E-state index contributed by atoms with van der Waals surface area (Å²) in [5.74, 6) is 0.0391. The summed E-state index contributed by atoms with van der Waals surface area (Å²) >= 11 is 0. The lowest BCUT2D eigenvalue weighted by Gasteiger charge is -2.45. The molecule has 2 atom stereocenters. The molecule has 2 bridgehead atoms. The van der Waals surface area contributed by atoms with Gasteiger partial charge < -0.3 is 5.11 Å². The zero-order valence-corrected chi connectivity index (χ0v) is 11.2. The number of carboxylic acid groups (broad SMARTS) is 1. The molecule has 1 heterocycles. The van der Waals surface area contributed by atoms with E-state index in [0.717, 1.165) is 32.5 Å². The number of carbonyl (C=O) groups is 1. The minimum Gasteiger partial charge on any atom is -0.481 e. The van der Waals surface area contributed by atoms with E-state index >= 15 is 0 Å². The molecule has 0 spiro atoms. The first-order valence-corrected chi connectivity index (χ1v) is 7.23. The van der Waals surface area contributed by atoms with Crippen molar-refractivity contribution in [3.8, 4) is 0 Å². The lowest BCUT2D eigenvalue weighted by Crippen LogP contribution is -2.50. The lowest BCUT2D eigenvalue weighted by atomic mass is 9.69. The summed E-state index contributed by atoms with van der Waals surface area (Å²) in [5, 5.41) is 9.40. The number of rotatable bonds is 3. The molecule has 3 nitrogen and oxygen atoms in total. The van der Waals surface area contributed by atoms with Crippen molar-refractivity contribution in [3.63, 3.8) is 0 Å². The fourth-order valence-corrected chi connectivity index (χ4v) is 3.91. The number of benzene rings is 1. The minimum atomic E-state index is -0.575. The summed E-state index contributed by atoms with van der Waals surface area (Å²) in [4.78, 5) is 13.9. The number of likely N-dealkylation sites (tertiary alicyclic amines) is 1. The van der Waals surface area contributed by atoms with E-state index in [4.69, 9.17) is 0 Å². The lowest BCUT2D eigenvalue weighted by molar-refractivity contribution is -0.151. The van der Waals surface area contributed by atoms with E-state index in [9.17, 15) is 9.90 Å². The monoisotopic (exact) mass is 259 g/mol. The first-order valence-electron chi connectivity index (χ1n) is 7.23. The quantitative estimate of drug-likeness (QED) is 0.907. The van der Waals surface area contributed by atoms with Crippen molar-refractivity contribution in [1.82, 2.24) is 4.90 Å². The summed E-state index contributed by atoms with van der Waals surface area (Å²) in [7, 11) is 0. The maximum Gasteiger partial charge on any atom is 0.307 e. The third kappa shape index (κ3) is 2.66. The Morgan fingerprint density at radius 2 is 1.79 bits per heavy atom. The molecule has 1 saturated heterocycles.